The summed E-state index contributed by atoms with van der Waals surface area (Å²) in [7, 11) is -1.67. The van der Waals surface area contributed by atoms with Crippen LogP contribution in [0.15, 0.2) is 58.5 Å². The number of hydrogen-bond donors (Lipinski definition) is 0. The third-order valence-corrected chi connectivity index (χ3v) is 16.1. The highest BCUT2D eigenvalue weighted by molar-refractivity contribution is 14.1. The van der Waals surface area contributed by atoms with Crippen molar-refractivity contribution in [3.05, 3.63) is 63.2 Å². The van der Waals surface area contributed by atoms with E-state index in [4.69, 9.17) is 65.8 Å². The predicted octanol–water partition coefficient (Wildman–Crippen LogP) is 16.9. The number of guanidine groups is 2. The highest BCUT2D eigenvalue weighted by atomic mass is 127. The summed E-state index contributed by atoms with van der Waals surface area (Å²) in [4.78, 5) is 119. The Labute approximate surface area is 644 Å². The Balaban J connectivity index is 0.000000450. The molecule has 28 nitrogen and oxygen atoms in total. The zero-order chi connectivity index (χ0) is 82.5. The molecule has 0 spiro atoms. The van der Waals surface area contributed by atoms with Crippen molar-refractivity contribution in [2.45, 2.75) is 341 Å². The summed E-state index contributed by atoms with van der Waals surface area (Å²) in [6, 6.07) is 14.2. The Morgan fingerprint density at radius 1 is 0.349 bits per heavy atom. The van der Waals surface area contributed by atoms with Crippen molar-refractivity contribution in [3.8, 4) is 0 Å². The fourth-order valence-corrected chi connectivity index (χ4v) is 9.39. The number of halogens is 1. The van der Waals surface area contributed by atoms with E-state index in [-0.39, 0.29) is 35.5 Å². The van der Waals surface area contributed by atoms with Crippen molar-refractivity contribution < 1.29 is 104 Å². The minimum absolute atomic E-state index is 0.227. The molecule has 0 N–H and O–H groups in total. The normalized spacial score (nSPS) is 17.8. The van der Waals surface area contributed by atoms with Gasteiger partial charge in [0.05, 0.1) is 46.7 Å². The van der Waals surface area contributed by atoms with Gasteiger partial charge in [-0.2, -0.15) is 0 Å². The van der Waals surface area contributed by atoms with E-state index < -0.39 is 138 Å². The second kappa shape index (κ2) is 33.7. The lowest BCUT2D eigenvalue weighted by Gasteiger charge is -2.34. The molecule has 3 aliphatic rings. The Morgan fingerprint density at radius 2 is 0.585 bits per heavy atom. The highest BCUT2D eigenvalue weighted by Crippen LogP contribution is 2.43. The number of nitrogens with zero attached hydrogens (tertiary/aromatic N) is 6. The predicted molar refractivity (Wildman–Crippen MR) is 413 cm³/mol. The molecule has 0 radical (unpaired) electrons. The standard InChI is InChI=1S/C34H54BN3O10.C28H42IN3O8.C12H24B2O4/c1-29(2,3)43-25(39)36-24(38(27(41)45-31(7,8)9)28(42)46-32(10,11)12)37(26(40)44-30(4,5)6)21-22-18-17-19-23(20-22)35-47-33(13,14)34(15,16)48-35;1-25(2,3)37-21(33)30-20(32(23(35)39-27(7,8)9)24(36)40-28(10,11)12)31(22(34)38-26(4,5)6)17-18-14-13-15-19(29)16-18;1-9(2)10(3,4)16-13(15-9)14-17-11(5,6)12(7,8)18-14/h17-20H,21H2,1-16H3;13-16H,17H2,1-12H3;1-8H3. The summed E-state index contributed by atoms with van der Waals surface area (Å²) in [5.74, 6) is -1.45. The summed E-state index contributed by atoms with van der Waals surface area (Å²) >= 11 is 2.11. The molecule has 0 bridgehead atoms. The number of rotatable bonds is 6. The number of benzene rings is 2. The molecule has 0 saturated carbocycles. The number of imide groups is 2. The number of carbonyl (C=O) groups is 8. The molecule has 3 heterocycles. The largest absolute Gasteiger partial charge is 0.494 e. The molecule has 8 amide bonds. The summed E-state index contributed by atoms with van der Waals surface area (Å²) in [6.07, 6.45) is -9.29. The lowest BCUT2D eigenvalue weighted by Crippen LogP contribution is -2.55. The number of hydrogen-bond acceptors (Lipinski definition) is 22. The third kappa shape index (κ3) is 29.8. The molecule has 32 heteroatoms. The van der Waals surface area contributed by atoms with Gasteiger partial charge in [0.2, 0.25) is 11.9 Å². The fourth-order valence-electron chi connectivity index (χ4n) is 8.79. The maximum Gasteiger partial charge on any atom is 0.494 e. The molecular weight excluding hydrogens is 1480 g/mol. The van der Waals surface area contributed by atoms with Crippen molar-refractivity contribution in [2.75, 3.05) is 0 Å². The lowest BCUT2D eigenvalue weighted by atomic mass is 9.49. The van der Waals surface area contributed by atoms with Crippen molar-refractivity contribution in [1.29, 1.82) is 0 Å². The summed E-state index contributed by atoms with van der Waals surface area (Å²) < 4.78 is 81.3. The van der Waals surface area contributed by atoms with Crippen LogP contribution in [0.25, 0.3) is 0 Å². The van der Waals surface area contributed by atoms with Crippen LogP contribution in [0.1, 0.15) is 260 Å². The van der Waals surface area contributed by atoms with E-state index >= 15 is 0 Å². The molecule has 0 atom stereocenters. The first-order valence-corrected chi connectivity index (χ1v) is 36.3. The molecule has 2 aromatic rings. The second-order valence-electron chi connectivity index (χ2n) is 36.7. The quantitative estimate of drug-likeness (QED) is 0.0853. The van der Waals surface area contributed by atoms with Crippen molar-refractivity contribution in [1.82, 2.24) is 19.6 Å². The van der Waals surface area contributed by atoms with E-state index in [2.05, 4.69) is 32.6 Å². The van der Waals surface area contributed by atoms with E-state index in [1.165, 1.54) is 0 Å². The van der Waals surface area contributed by atoms with Crippen LogP contribution in [0.3, 0.4) is 0 Å². The molecule has 2 aromatic carbocycles. The van der Waals surface area contributed by atoms with Gasteiger partial charge in [-0.3, -0.25) is 0 Å². The maximum atomic E-state index is 14.0. The van der Waals surface area contributed by atoms with Crippen LogP contribution in [-0.2, 0) is 78.9 Å². The van der Waals surface area contributed by atoms with Crippen LogP contribution in [0.5, 0.6) is 0 Å². The van der Waals surface area contributed by atoms with E-state index in [1.807, 2.05) is 95.2 Å². The first-order valence-electron chi connectivity index (χ1n) is 35.2. The van der Waals surface area contributed by atoms with Gasteiger partial charge >= 0.3 is 69.9 Å². The molecule has 5 rings (SSSR count). The summed E-state index contributed by atoms with van der Waals surface area (Å²) in [5.41, 5.74) is -9.19. The number of amides is 8. The molecule has 106 heavy (non-hydrogen) atoms. The minimum Gasteiger partial charge on any atom is -0.443 e. The van der Waals surface area contributed by atoms with Gasteiger partial charge in [0.15, 0.2) is 0 Å². The molecular formula is C74H120B3IN6O22. The van der Waals surface area contributed by atoms with Gasteiger partial charge in [-0.25, -0.2) is 48.2 Å². The smallest absolute Gasteiger partial charge is 0.443 e. The van der Waals surface area contributed by atoms with Gasteiger partial charge in [0.25, 0.3) is 0 Å². The van der Waals surface area contributed by atoms with Crippen LogP contribution in [0.4, 0.5) is 38.4 Å². The van der Waals surface area contributed by atoms with Crippen LogP contribution < -0.4 is 5.46 Å². The van der Waals surface area contributed by atoms with Gasteiger partial charge in [-0.15, -0.1) is 19.8 Å². The maximum absolute atomic E-state index is 14.0. The number of aliphatic imine (C=N–C) groups is 2. The van der Waals surface area contributed by atoms with Crippen molar-refractivity contribution in [2.24, 2.45) is 9.98 Å². The van der Waals surface area contributed by atoms with E-state index in [9.17, 15) is 38.4 Å². The molecule has 0 aromatic heterocycles. The summed E-state index contributed by atoms with van der Waals surface area (Å²) in [5, 5.41) is 0. The van der Waals surface area contributed by atoms with E-state index in [1.54, 1.807) is 203 Å². The first-order chi connectivity index (χ1) is 47.1. The first kappa shape index (κ1) is 93.6. The Hall–Kier alpha value is -6.58. The van der Waals surface area contributed by atoms with E-state index in [0.717, 1.165) is 13.4 Å². The molecule has 0 unspecified atom stereocenters. The van der Waals surface area contributed by atoms with Crippen LogP contribution in [0.2, 0.25) is 0 Å². The fraction of sp³-hybridized carbons (Fsp3) is 0.703. The minimum atomic E-state index is -1.25. The van der Waals surface area contributed by atoms with E-state index in [0.29, 0.717) is 26.4 Å². The molecule has 0 aliphatic carbocycles. The Morgan fingerprint density at radius 3 is 0.840 bits per heavy atom. The Bertz CT molecular complexity index is 3400. The van der Waals surface area contributed by atoms with Gasteiger partial charge in [-0.05, 0) is 301 Å². The second-order valence-corrected chi connectivity index (χ2v) is 38.0. The Kier molecular flexibility index (Phi) is 29.8. The topological polar surface area (TPSA) is 303 Å². The zero-order valence-corrected chi connectivity index (χ0v) is 72.0. The van der Waals surface area contributed by atoms with Crippen LogP contribution >= 0.6 is 22.6 Å². The zero-order valence-electron chi connectivity index (χ0n) is 69.8. The summed E-state index contributed by atoms with van der Waals surface area (Å²) in [6.45, 7) is 62.1. The van der Waals surface area contributed by atoms with Gasteiger partial charge in [0, 0.05) is 3.57 Å². The molecule has 3 saturated heterocycles. The average Bonchev–Trinajstić information content (AvgIpc) is 1.59. The third-order valence-electron chi connectivity index (χ3n) is 15.4. The van der Waals surface area contributed by atoms with Crippen molar-refractivity contribution in [3.63, 3.8) is 0 Å². The average molecular weight is 1610 g/mol. The van der Waals surface area contributed by atoms with Crippen LogP contribution in [-0.4, -0.2) is 180 Å². The molecule has 594 valence electrons. The lowest BCUT2D eigenvalue weighted by molar-refractivity contribution is 0.00578. The SMILES string of the molecule is CC(C)(C)OC(=O)N=C(N(Cc1cccc(B2OC(C)(C)C(C)(C)O2)c1)C(=O)OC(C)(C)C)N(C(=O)OC(C)(C)C)C(=O)OC(C)(C)C.CC(C)(C)OC(=O)N=C(N(Cc1cccc(I)c1)C(=O)OC(C)(C)C)N(C(=O)OC(C)(C)C)C(=O)OC(C)(C)C.CC1(C)OB(B2OC(C)(C)C(C)(C)O2)OC1(C)C. The van der Waals surface area contributed by atoms with Gasteiger partial charge < -0.3 is 65.8 Å². The molecule has 3 aliphatic heterocycles. The van der Waals surface area contributed by atoms with Gasteiger partial charge in [-0.1, -0.05) is 36.4 Å². The van der Waals surface area contributed by atoms with Gasteiger partial charge in [0.1, 0.15) is 44.8 Å². The number of carbonyl (C=O) groups excluding carboxylic acids is 8. The monoisotopic (exact) mass is 1600 g/mol. The number of ether oxygens (including phenoxy) is 8. The molecule has 3 fully saturated rings. The van der Waals surface area contributed by atoms with Crippen LogP contribution in [0, 0.1) is 3.57 Å². The highest BCUT2D eigenvalue weighted by Gasteiger charge is 2.64. The van der Waals surface area contributed by atoms with Crippen molar-refractivity contribution >= 4 is 110 Å².